The van der Waals surface area contributed by atoms with E-state index in [4.69, 9.17) is 0 Å². The van der Waals surface area contributed by atoms with Crippen LogP contribution in [0.3, 0.4) is 0 Å². The standard InChI is InChI=1S/C15H28N2O2/c1-12-7-6-10-17(11-12)13(18)8-5-9-16-14(19)15(2,3)4/h12H,5-11H2,1-4H3,(H,16,19)/t12-/m0/s1. The summed E-state index contributed by atoms with van der Waals surface area (Å²) in [7, 11) is 0. The van der Waals surface area contributed by atoms with Crippen molar-refractivity contribution in [3.8, 4) is 0 Å². The van der Waals surface area contributed by atoms with E-state index in [1.807, 2.05) is 25.7 Å². The Labute approximate surface area is 116 Å². The molecule has 1 N–H and O–H groups in total. The van der Waals surface area contributed by atoms with Gasteiger partial charge in [0.15, 0.2) is 0 Å². The lowest BCUT2D eigenvalue weighted by Crippen LogP contribution is -2.39. The van der Waals surface area contributed by atoms with Crippen molar-refractivity contribution in [3.05, 3.63) is 0 Å². The van der Waals surface area contributed by atoms with Crippen LogP contribution in [0.1, 0.15) is 53.4 Å². The van der Waals surface area contributed by atoms with Crippen molar-refractivity contribution in [3.63, 3.8) is 0 Å². The van der Waals surface area contributed by atoms with Crippen LogP contribution in [-0.2, 0) is 9.59 Å². The predicted octanol–water partition coefficient (Wildman–Crippen LogP) is 2.19. The van der Waals surface area contributed by atoms with E-state index in [1.54, 1.807) is 0 Å². The van der Waals surface area contributed by atoms with Crippen molar-refractivity contribution in [2.45, 2.75) is 53.4 Å². The van der Waals surface area contributed by atoms with E-state index in [-0.39, 0.29) is 17.2 Å². The van der Waals surface area contributed by atoms with E-state index in [0.29, 0.717) is 18.9 Å². The molecular formula is C15H28N2O2. The molecule has 0 aromatic rings. The Bertz CT molecular complexity index is 321. The van der Waals surface area contributed by atoms with Gasteiger partial charge in [0.05, 0.1) is 0 Å². The summed E-state index contributed by atoms with van der Waals surface area (Å²) in [5.41, 5.74) is -0.355. The number of carbonyl (C=O) groups is 2. The van der Waals surface area contributed by atoms with Crippen molar-refractivity contribution >= 4 is 11.8 Å². The van der Waals surface area contributed by atoms with Crippen LogP contribution in [-0.4, -0.2) is 36.3 Å². The summed E-state index contributed by atoms with van der Waals surface area (Å²) in [5, 5.41) is 2.88. The largest absolute Gasteiger partial charge is 0.356 e. The van der Waals surface area contributed by atoms with Crippen LogP contribution in [0.5, 0.6) is 0 Å². The van der Waals surface area contributed by atoms with Crippen molar-refractivity contribution in [2.24, 2.45) is 11.3 Å². The minimum absolute atomic E-state index is 0.0477. The quantitative estimate of drug-likeness (QED) is 0.795. The lowest BCUT2D eigenvalue weighted by Gasteiger charge is -2.31. The second-order valence-electron chi connectivity index (χ2n) is 6.70. The van der Waals surface area contributed by atoms with E-state index < -0.39 is 0 Å². The fraction of sp³-hybridized carbons (Fsp3) is 0.867. The summed E-state index contributed by atoms with van der Waals surface area (Å²) in [5.74, 6) is 0.904. The third-order valence-electron chi connectivity index (χ3n) is 3.54. The summed E-state index contributed by atoms with van der Waals surface area (Å²) in [6, 6.07) is 0. The van der Waals surface area contributed by atoms with Gasteiger partial charge in [-0.05, 0) is 25.2 Å². The molecule has 0 bridgehead atoms. The molecule has 0 unspecified atom stereocenters. The van der Waals surface area contributed by atoms with Gasteiger partial charge in [0, 0.05) is 31.5 Å². The van der Waals surface area contributed by atoms with Gasteiger partial charge >= 0.3 is 0 Å². The first-order valence-corrected chi connectivity index (χ1v) is 7.37. The number of rotatable bonds is 4. The molecule has 1 aliphatic heterocycles. The fourth-order valence-electron chi connectivity index (χ4n) is 2.28. The average Bonchev–Trinajstić information content (AvgIpc) is 2.32. The summed E-state index contributed by atoms with van der Waals surface area (Å²) in [6.07, 6.45) is 3.61. The molecule has 110 valence electrons. The monoisotopic (exact) mass is 268 g/mol. The van der Waals surface area contributed by atoms with E-state index in [9.17, 15) is 9.59 Å². The van der Waals surface area contributed by atoms with E-state index in [2.05, 4.69) is 12.2 Å². The summed E-state index contributed by atoms with van der Waals surface area (Å²) < 4.78 is 0. The van der Waals surface area contributed by atoms with Gasteiger partial charge in [-0.1, -0.05) is 27.7 Å². The molecule has 0 aromatic heterocycles. The number of amides is 2. The van der Waals surface area contributed by atoms with Crippen molar-refractivity contribution in [1.82, 2.24) is 10.2 Å². The van der Waals surface area contributed by atoms with E-state index in [0.717, 1.165) is 25.9 Å². The van der Waals surface area contributed by atoms with Crippen LogP contribution < -0.4 is 5.32 Å². The highest BCUT2D eigenvalue weighted by Gasteiger charge is 2.22. The Hall–Kier alpha value is -1.06. The molecule has 1 heterocycles. The number of likely N-dealkylation sites (tertiary alicyclic amines) is 1. The Morgan fingerprint density at radius 2 is 2.00 bits per heavy atom. The van der Waals surface area contributed by atoms with Gasteiger partial charge < -0.3 is 10.2 Å². The highest BCUT2D eigenvalue weighted by atomic mass is 16.2. The lowest BCUT2D eigenvalue weighted by molar-refractivity contribution is -0.133. The molecule has 1 saturated heterocycles. The van der Waals surface area contributed by atoms with Crippen molar-refractivity contribution in [2.75, 3.05) is 19.6 Å². The molecule has 1 atom stereocenters. The van der Waals surface area contributed by atoms with E-state index >= 15 is 0 Å². The molecule has 0 saturated carbocycles. The Balaban J connectivity index is 2.19. The van der Waals surface area contributed by atoms with Crippen LogP contribution in [0.15, 0.2) is 0 Å². The minimum atomic E-state index is -0.355. The molecule has 1 aliphatic rings. The van der Waals surface area contributed by atoms with Gasteiger partial charge in [-0.25, -0.2) is 0 Å². The molecular weight excluding hydrogens is 240 g/mol. The molecule has 2 amide bonds. The highest BCUT2D eigenvalue weighted by Crippen LogP contribution is 2.16. The predicted molar refractivity (Wildman–Crippen MR) is 76.7 cm³/mol. The summed E-state index contributed by atoms with van der Waals surface area (Å²) >= 11 is 0. The van der Waals surface area contributed by atoms with Gasteiger partial charge in [-0.2, -0.15) is 0 Å². The highest BCUT2D eigenvalue weighted by molar-refractivity contribution is 5.81. The molecule has 4 heteroatoms. The van der Waals surface area contributed by atoms with Crippen LogP contribution in [0.4, 0.5) is 0 Å². The number of piperidine rings is 1. The molecule has 0 radical (unpaired) electrons. The summed E-state index contributed by atoms with van der Waals surface area (Å²) in [4.78, 5) is 25.6. The van der Waals surface area contributed by atoms with Crippen molar-refractivity contribution < 1.29 is 9.59 Å². The van der Waals surface area contributed by atoms with Gasteiger partial charge in [-0.3, -0.25) is 9.59 Å². The SMILES string of the molecule is C[C@H]1CCCN(C(=O)CCCNC(=O)C(C)(C)C)C1. The molecule has 1 fully saturated rings. The minimum Gasteiger partial charge on any atom is -0.356 e. The van der Waals surface area contributed by atoms with Gasteiger partial charge in [0.1, 0.15) is 0 Å². The first-order chi connectivity index (χ1) is 8.80. The Morgan fingerprint density at radius 3 is 2.58 bits per heavy atom. The zero-order chi connectivity index (χ0) is 14.5. The molecule has 0 aliphatic carbocycles. The number of hydrogen-bond donors (Lipinski definition) is 1. The number of carbonyl (C=O) groups excluding carboxylic acids is 2. The molecule has 1 rings (SSSR count). The van der Waals surface area contributed by atoms with Gasteiger partial charge in [0.25, 0.3) is 0 Å². The maximum Gasteiger partial charge on any atom is 0.225 e. The number of hydrogen-bond acceptors (Lipinski definition) is 2. The second-order valence-corrected chi connectivity index (χ2v) is 6.70. The normalized spacial score (nSPS) is 20.2. The summed E-state index contributed by atoms with van der Waals surface area (Å²) in [6.45, 7) is 10.3. The van der Waals surface area contributed by atoms with Crippen LogP contribution in [0, 0.1) is 11.3 Å². The van der Waals surface area contributed by atoms with Crippen LogP contribution in [0.2, 0.25) is 0 Å². The van der Waals surface area contributed by atoms with Crippen molar-refractivity contribution in [1.29, 1.82) is 0 Å². The number of nitrogens with zero attached hydrogens (tertiary/aromatic N) is 1. The van der Waals surface area contributed by atoms with Gasteiger partial charge in [0.2, 0.25) is 11.8 Å². The van der Waals surface area contributed by atoms with E-state index in [1.165, 1.54) is 6.42 Å². The lowest BCUT2D eigenvalue weighted by atomic mass is 9.96. The van der Waals surface area contributed by atoms with Crippen LogP contribution >= 0.6 is 0 Å². The topological polar surface area (TPSA) is 49.4 Å². The molecule has 4 nitrogen and oxygen atoms in total. The molecule has 19 heavy (non-hydrogen) atoms. The maximum atomic E-state index is 12.0. The number of nitrogens with one attached hydrogen (secondary N) is 1. The molecule has 0 spiro atoms. The third-order valence-corrected chi connectivity index (χ3v) is 3.54. The maximum absolute atomic E-state index is 12.0. The average molecular weight is 268 g/mol. The first kappa shape index (κ1) is 16.0. The van der Waals surface area contributed by atoms with Crippen LogP contribution in [0.25, 0.3) is 0 Å². The smallest absolute Gasteiger partial charge is 0.225 e. The molecule has 0 aromatic carbocycles. The third kappa shape index (κ3) is 5.62. The fourth-order valence-corrected chi connectivity index (χ4v) is 2.28. The zero-order valence-electron chi connectivity index (χ0n) is 12.8. The Kier molecular flexibility index (Phi) is 5.83. The Morgan fingerprint density at radius 1 is 1.32 bits per heavy atom. The second kappa shape index (κ2) is 6.92. The zero-order valence-corrected chi connectivity index (χ0v) is 12.8. The first-order valence-electron chi connectivity index (χ1n) is 7.37. The van der Waals surface area contributed by atoms with Gasteiger partial charge in [-0.15, -0.1) is 0 Å².